The van der Waals surface area contributed by atoms with Crippen molar-refractivity contribution in [3.63, 3.8) is 0 Å². The highest BCUT2D eigenvalue weighted by Crippen LogP contribution is 2.25. The SMILES string of the molecule is CCCCCCCC/C(C#N)=C1\COC(OCC)C1. The smallest absolute Gasteiger partial charge is 0.161 e. The van der Waals surface area contributed by atoms with Gasteiger partial charge in [-0.25, -0.2) is 0 Å². The summed E-state index contributed by atoms with van der Waals surface area (Å²) in [5.74, 6) is 0. The van der Waals surface area contributed by atoms with Crippen LogP contribution in [0.15, 0.2) is 11.1 Å². The Morgan fingerprint density at radius 3 is 2.68 bits per heavy atom. The molecule has 0 aliphatic carbocycles. The number of ether oxygens (including phenoxy) is 2. The maximum absolute atomic E-state index is 9.24. The molecule has 108 valence electrons. The van der Waals surface area contributed by atoms with Crippen molar-refractivity contribution in [3.8, 4) is 6.07 Å². The lowest BCUT2D eigenvalue weighted by atomic mass is 10.0. The maximum Gasteiger partial charge on any atom is 0.161 e. The van der Waals surface area contributed by atoms with Gasteiger partial charge in [0.05, 0.1) is 12.7 Å². The zero-order chi connectivity index (χ0) is 13.9. The third kappa shape index (κ3) is 6.22. The van der Waals surface area contributed by atoms with Gasteiger partial charge in [-0.05, 0) is 25.3 Å². The van der Waals surface area contributed by atoms with Crippen LogP contribution in [0.4, 0.5) is 0 Å². The van der Waals surface area contributed by atoms with Crippen molar-refractivity contribution < 1.29 is 9.47 Å². The lowest BCUT2D eigenvalue weighted by molar-refractivity contribution is -0.106. The van der Waals surface area contributed by atoms with Crippen molar-refractivity contribution in [1.82, 2.24) is 0 Å². The van der Waals surface area contributed by atoms with Gasteiger partial charge in [0, 0.05) is 18.6 Å². The Hall–Kier alpha value is -0.850. The van der Waals surface area contributed by atoms with Crippen LogP contribution < -0.4 is 0 Å². The van der Waals surface area contributed by atoms with E-state index in [4.69, 9.17) is 9.47 Å². The minimum Gasteiger partial charge on any atom is -0.353 e. The van der Waals surface area contributed by atoms with Crippen LogP contribution >= 0.6 is 0 Å². The van der Waals surface area contributed by atoms with Crippen LogP contribution in [-0.2, 0) is 9.47 Å². The molecule has 0 aromatic heterocycles. The summed E-state index contributed by atoms with van der Waals surface area (Å²) in [5, 5.41) is 9.24. The third-order valence-electron chi connectivity index (χ3n) is 3.55. The van der Waals surface area contributed by atoms with Gasteiger partial charge in [0.25, 0.3) is 0 Å². The van der Waals surface area contributed by atoms with Gasteiger partial charge in [0.2, 0.25) is 0 Å². The summed E-state index contributed by atoms with van der Waals surface area (Å²) < 4.78 is 10.9. The van der Waals surface area contributed by atoms with E-state index in [1.807, 2.05) is 6.92 Å². The molecule has 1 fully saturated rings. The summed E-state index contributed by atoms with van der Waals surface area (Å²) in [7, 11) is 0. The molecule has 3 heteroatoms. The Kier molecular flexibility index (Phi) is 8.53. The van der Waals surface area contributed by atoms with E-state index in [-0.39, 0.29) is 6.29 Å². The monoisotopic (exact) mass is 265 g/mol. The Bertz CT molecular complexity index is 317. The van der Waals surface area contributed by atoms with Gasteiger partial charge in [-0.3, -0.25) is 0 Å². The Morgan fingerprint density at radius 2 is 2.00 bits per heavy atom. The van der Waals surface area contributed by atoms with Gasteiger partial charge in [0.1, 0.15) is 0 Å². The van der Waals surface area contributed by atoms with E-state index < -0.39 is 0 Å². The van der Waals surface area contributed by atoms with Crippen molar-refractivity contribution in [2.45, 2.75) is 71.5 Å². The van der Waals surface area contributed by atoms with Gasteiger partial charge in [-0.1, -0.05) is 39.0 Å². The molecule has 1 unspecified atom stereocenters. The first-order valence-corrected chi connectivity index (χ1v) is 7.66. The van der Waals surface area contributed by atoms with E-state index >= 15 is 0 Å². The molecule has 0 bridgehead atoms. The quantitative estimate of drug-likeness (QED) is 0.460. The highest BCUT2D eigenvalue weighted by Gasteiger charge is 2.22. The van der Waals surface area contributed by atoms with E-state index in [2.05, 4.69) is 13.0 Å². The lowest BCUT2D eigenvalue weighted by Crippen LogP contribution is -2.09. The van der Waals surface area contributed by atoms with Crippen molar-refractivity contribution >= 4 is 0 Å². The molecule has 1 atom stereocenters. The molecule has 0 radical (unpaired) electrons. The molecule has 0 aromatic carbocycles. The number of rotatable bonds is 9. The van der Waals surface area contributed by atoms with Crippen LogP contribution in [0, 0.1) is 11.3 Å². The third-order valence-corrected chi connectivity index (χ3v) is 3.55. The van der Waals surface area contributed by atoms with Gasteiger partial charge in [0.15, 0.2) is 6.29 Å². The van der Waals surface area contributed by atoms with Crippen LogP contribution in [-0.4, -0.2) is 19.5 Å². The Balaban J connectivity index is 2.27. The summed E-state index contributed by atoms with van der Waals surface area (Å²) in [5.41, 5.74) is 2.08. The highest BCUT2D eigenvalue weighted by molar-refractivity contribution is 5.29. The molecule has 0 spiro atoms. The number of hydrogen-bond donors (Lipinski definition) is 0. The molecular weight excluding hydrogens is 238 g/mol. The zero-order valence-corrected chi connectivity index (χ0v) is 12.4. The number of unbranched alkanes of at least 4 members (excludes halogenated alkanes) is 5. The second-order valence-electron chi connectivity index (χ2n) is 5.11. The number of allylic oxidation sites excluding steroid dienone is 1. The molecule has 1 aliphatic rings. The average molecular weight is 265 g/mol. The molecule has 3 nitrogen and oxygen atoms in total. The minimum absolute atomic E-state index is 0.132. The normalized spacial score (nSPS) is 21.4. The lowest BCUT2D eigenvalue weighted by Gasteiger charge is -2.07. The van der Waals surface area contributed by atoms with Crippen LogP contribution in [0.3, 0.4) is 0 Å². The Morgan fingerprint density at radius 1 is 1.26 bits per heavy atom. The van der Waals surface area contributed by atoms with Gasteiger partial charge in [-0.2, -0.15) is 5.26 Å². The molecule has 1 aliphatic heterocycles. The Labute approximate surface area is 117 Å². The fourth-order valence-electron chi connectivity index (χ4n) is 2.41. The maximum atomic E-state index is 9.24. The molecular formula is C16H27NO2. The van der Waals surface area contributed by atoms with Crippen molar-refractivity contribution in [3.05, 3.63) is 11.1 Å². The summed E-state index contributed by atoms with van der Waals surface area (Å²) in [6.45, 7) is 5.43. The summed E-state index contributed by atoms with van der Waals surface area (Å²) in [4.78, 5) is 0. The van der Waals surface area contributed by atoms with Crippen molar-refractivity contribution in [2.24, 2.45) is 0 Å². The topological polar surface area (TPSA) is 42.2 Å². The molecule has 1 saturated heterocycles. The predicted molar refractivity (Wildman–Crippen MR) is 76.6 cm³/mol. The second kappa shape index (κ2) is 10.00. The van der Waals surface area contributed by atoms with Crippen molar-refractivity contribution in [1.29, 1.82) is 5.26 Å². The zero-order valence-electron chi connectivity index (χ0n) is 12.4. The summed E-state index contributed by atoms with van der Waals surface area (Å²) >= 11 is 0. The fraction of sp³-hybridized carbons (Fsp3) is 0.812. The van der Waals surface area contributed by atoms with Crippen LogP contribution in [0.1, 0.15) is 65.2 Å². The van der Waals surface area contributed by atoms with E-state index in [9.17, 15) is 5.26 Å². The van der Waals surface area contributed by atoms with Gasteiger partial charge < -0.3 is 9.47 Å². The number of hydrogen-bond acceptors (Lipinski definition) is 3. The van der Waals surface area contributed by atoms with Crippen molar-refractivity contribution in [2.75, 3.05) is 13.2 Å². The average Bonchev–Trinajstić information content (AvgIpc) is 2.87. The van der Waals surface area contributed by atoms with E-state index in [1.165, 1.54) is 32.1 Å². The first kappa shape index (κ1) is 16.2. The molecule has 0 amide bonds. The second-order valence-corrected chi connectivity index (χ2v) is 5.11. The van der Waals surface area contributed by atoms with Crippen LogP contribution in [0.2, 0.25) is 0 Å². The standard InChI is InChI=1S/C16H27NO2/c1-3-5-6-7-8-9-10-14(12-17)15-11-16(18-4-2)19-13-15/h16H,3-11,13H2,1-2H3/b15-14+. The van der Waals surface area contributed by atoms with E-state index in [1.54, 1.807) is 0 Å². The molecule has 19 heavy (non-hydrogen) atoms. The largest absolute Gasteiger partial charge is 0.353 e. The van der Waals surface area contributed by atoms with E-state index in [0.717, 1.165) is 30.4 Å². The molecule has 1 rings (SSSR count). The first-order chi connectivity index (χ1) is 9.31. The highest BCUT2D eigenvalue weighted by atomic mass is 16.7. The molecule has 0 aromatic rings. The predicted octanol–water partition coefficient (Wildman–Crippen LogP) is 4.34. The van der Waals surface area contributed by atoms with Gasteiger partial charge in [-0.15, -0.1) is 0 Å². The number of nitriles is 1. The van der Waals surface area contributed by atoms with Crippen LogP contribution in [0.25, 0.3) is 0 Å². The number of nitrogens with zero attached hydrogens (tertiary/aromatic N) is 1. The molecule has 0 saturated carbocycles. The summed E-state index contributed by atoms with van der Waals surface area (Å²) in [6, 6.07) is 2.35. The molecule has 0 N–H and O–H groups in total. The van der Waals surface area contributed by atoms with Gasteiger partial charge >= 0.3 is 0 Å². The fourth-order valence-corrected chi connectivity index (χ4v) is 2.41. The van der Waals surface area contributed by atoms with Crippen LogP contribution in [0.5, 0.6) is 0 Å². The minimum atomic E-state index is -0.132. The van der Waals surface area contributed by atoms with E-state index in [0.29, 0.717) is 13.2 Å². The summed E-state index contributed by atoms with van der Waals surface area (Å²) in [6.07, 6.45) is 9.12. The first-order valence-electron chi connectivity index (χ1n) is 7.66. The molecule has 1 heterocycles.